The molecule has 1 aromatic heterocycles. The van der Waals surface area contributed by atoms with Crippen molar-refractivity contribution in [1.29, 1.82) is 0 Å². The van der Waals surface area contributed by atoms with E-state index in [-0.39, 0.29) is 5.91 Å². The van der Waals surface area contributed by atoms with Crippen LogP contribution in [0.25, 0.3) is 11.0 Å². The Morgan fingerprint density at radius 1 is 1.00 bits per heavy atom. The van der Waals surface area contributed by atoms with Crippen LogP contribution < -0.4 is 10.1 Å². The van der Waals surface area contributed by atoms with Gasteiger partial charge in [-0.05, 0) is 54.8 Å². The Labute approximate surface area is 182 Å². The van der Waals surface area contributed by atoms with Crippen LogP contribution in [0.3, 0.4) is 0 Å². The SMILES string of the molecule is CCc1ccc(OCCn2c(CNC(=O)c3ccccc3C)nc3ccccc32)cc1. The fourth-order valence-corrected chi connectivity index (χ4v) is 3.67. The summed E-state index contributed by atoms with van der Waals surface area (Å²) in [5.74, 6) is 1.58. The summed E-state index contributed by atoms with van der Waals surface area (Å²) in [4.78, 5) is 17.4. The number of carbonyl (C=O) groups is 1. The summed E-state index contributed by atoms with van der Waals surface area (Å²) in [5.41, 5.74) is 4.88. The standard InChI is InChI=1S/C26H27N3O2/c1-3-20-12-14-21(15-13-20)31-17-16-29-24-11-7-6-10-23(24)28-25(29)18-27-26(30)22-9-5-4-8-19(22)2/h4-15H,3,16-18H2,1-2H3,(H,27,30). The molecule has 0 saturated heterocycles. The molecule has 5 nitrogen and oxygen atoms in total. The average molecular weight is 414 g/mol. The van der Waals surface area contributed by atoms with Crippen molar-refractivity contribution in [2.24, 2.45) is 0 Å². The average Bonchev–Trinajstić information content (AvgIpc) is 3.16. The van der Waals surface area contributed by atoms with Gasteiger partial charge in [-0.15, -0.1) is 0 Å². The van der Waals surface area contributed by atoms with Gasteiger partial charge in [0, 0.05) is 5.56 Å². The number of carbonyl (C=O) groups excluding carboxylic acids is 1. The van der Waals surface area contributed by atoms with Crippen LogP contribution >= 0.6 is 0 Å². The fraction of sp³-hybridized carbons (Fsp3) is 0.231. The normalized spacial score (nSPS) is 10.9. The van der Waals surface area contributed by atoms with Crippen LogP contribution in [0.1, 0.15) is 34.2 Å². The van der Waals surface area contributed by atoms with Crippen LogP contribution in [0, 0.1) is 6.92 Å². The van der Waals surface area contributed by atoms with Crippen molar-refractivity contribution in [2.45, 2.75) is 33.4 Å². The molecule has 3 aromatic carbocycles. The molecule has 1 N–H and O–H groups in total. The Hall–Kier alpha value is -3.60. The first kappa shape index (κ1) is 20.7. The number of rotatable bonds is 8. The van der Waals surface area contributed by atoms with Crippen LogP contribution in [-0.2, 0) is 19.5 Å². The number of ether oxygens (including phenoxy) is 1. The lowest BCUT2D eigenvalue weighted by atomic mass is 10.1. The van der Waals surface area contributed by atoms with E-state index in [1.807, 2.05) is 67.6 Å². The molecule has 5 heteroatoms. The van der Waals surface area contributed by atoms with Crippen molar-refractivity contribution >= 4 is 16.9 Å². The Kier molecular flexibility index (Phi) is 6.32. The third kappa shape index (κ3) is 4.77. The lowest BCUT2D eigenvalue weighted by Crippen LogP contribution is -2.26. The maximum Gasteiger partial charge on any atom is 0.251 e. The van der Waals surface area contributed by atoms with Crippen molar-refractivity contribution in [3.05, 3.63) is 95.3 Å². The van der Waals surface area contributed by atoms with E-state index >= 15 is 0 Å². The molecule has 0 radical (unpaired) electrons. The van der Waals surface area contributed by atoms with Crippen LogP contribution in [0.2, 0.25) is 0 Å². The monoisotopic (exact) mass is 413 g/mol. The minimum absolute atomic E-state index is 0.0935. The molecular formula is C26H27N3O2. The first-order valence-corrected chi connectivity index (χ1v) is 10.7. The highest BCUT2D eigenvalue weighted by atomic mass is 16.5. The second-order valence-corrected chi connectivity index (χ2v) is 7.51. The van der Waals surface area contributed by atoms with E-state index in [1.54, 1.807) is 0 Å². The zero-order valence-electron chi connectivity index (χ0n) is 18.0. The van der Waals surface area contributed by atoms with E-state index < -0.39 is 0 Å². The number of aromatic nitrogens is 2. The number of amides is 1. The highest BCUT2D eigenvalue weighted by molar-refractivity contribution is 5.95. The van der Waals surface area contributed by atoms with Gasteiger partial charge >= 0.3 is 0 Å². The molecule has 0 fully saturated rings. The van der Waals surface area contributed by atoms with Gasteiger partial charge < -0.3 is 14.6 Å². The largest absolute Gasteiger partial charge is 0.492 e. The molecule has 31 heavy (non-hydrogen) atoms. The highest BCUT2D eigenvalue weighted by Gasteiger charge is 2.13. The predicted octanol–water partition coefficient (Wildman–Crippen LogP) is 4.92. The lowest BCUT2D eigenvalue weighted by Gasteiger charge is -2.12. The van der Waals surface area contributed by atoms with Crippen LogP contribution in [0.4, 0.5) is 0 Å². The van der Waals surface area contributed by atoms with Crippen molar-refractivity contribution in [3.8, 4) is 5.75 Å². The summed E-state index contributed by atoms with van der Waals surface area (Å²) in [5, 5.41) is 3.02. The summed E-state index contributed by atoms with van der Waals surface area (Å²) >= 11 is 0. The van der Waals surface area contributed by atoms with E-state index in [2.05, 4.69) is 28.9 Å². The molecule has 1 amide bonds. The minimum atomic E-state index is -0.0935. The zero-order valence-corrected chi connectivity index (χ0v) is 18.0. The Balaban J connectivity index is 1.47. The fourth-order valence-electron chi connectivity index (χ4n) is 3.67. The Morgan fingerprint density at radius 3 is 2.52 bits per heavy atom. The second-order valence-electron chi connectivity index (χ2n) is 7.51. The molecule has 0 atom stereocenters. The molecule has 4 rings (SSSR count). The van der Waals surface area contributed by atoms with Crippen molar-refractivity contribution < 1.29 is 9.53 Å². The van der Waals surface area contributed by atoms with E-state index in [9.17, 15) is 4.79 Å². The molecule has 0 aliphatic rings. The molecule has 1 heterocycles. The van der Waals surface area contributed by atoms with Crippen LogP contribution in [0.15, 0.2) is 72.8 Å². The number of hydrogen-bond donors (Lipinski definition) is 1. The molecule has 158 valence electrons. The lowest BCUT2D eigenvalue weighted by molar-refractivity contribution is 0.0949. The molecule has 0 spiro atoms. The number of benzene rings is 3. The number of nitrogens with zero attached hydrogens (tertiary/aromatic N) is 2. The minimum Gasteiger partial charge on any atom is -0.492 e. The summed E-state index contributed by atoms with van der Waals surface area (Å²) in [6.45, 7) is 5.59. The van der Waals surface area contributed by atoms with Crippen LogP contribution in [0.5, 0.6) is 5.75 Å². The summed E-state index contributed by atoms with van der Waals surface area (Å²) in [6.07, 6.45) is 1.01. The van der Waals surface area contributed by atoms with E-state index in [0.717, 1.165) is 34.6 Å². The van der Waals surface area contributed by atoms with E-state index in [4.69, 9.17) is 9.72 Å². The van der Waals surface area contributed by atoms with Gasteiger partial charge in [-0.3, -0.25) is 4.79 Å². The number of imidazole rings is 1. The van der Waals surface area contributed by atoms with Crippen molar-refractivity contribution in [1.82, 2.24) is 14.9 Å². The summed E-state index contributed by atoms with van der Waals surface area (Å²) in [7, 11) is 0. The smallest absolute Gasteiger partial charge is 0.251 e. The second kappa shape index (κ2) is 9.47. The van der Waals surface area contributed by atoms with Gasteiger partial charge in [-0.25, -0.2) is 4.98 Å². The van der Waals surface area contributed by atoms with Gasteiger partial charge in [0.1, 0.15) is 18.2 Å². The molecule has 0 saturated carbocycles. The van der Waals surface area contributed by atoms with E-state index in [1.165, 1.54) is 5.56 Å². The Morgan fingerprint density at radius 2 is 1.74 bits per heavy atom. The van der Waals surface area contributed by atoms with Crippen molar-refractivity contribution in [2.75, 3.05) is 6.61 Å². The molecule has 0 aliphatic carbocycles. The number of fused-ring (bicyclic) bond motifs is 1. The third-order valence-corrected chi connectivity index (χ3v) is 5.45. The maximum atomic E-state index is 12.6. The van der Waals surface area contributed by atoms with Gasteiger partial charge in [0.05, 0.1) is 24.1 Å². The zero-order chi connectivity index (χ0) is 21.6. The highest BCUT2D eigenvalue weighted by Crippen LogP contribution is 2.18. The van der Waals surface area contributed by atoms with E-state index in [0.29, 0.717) is 25.3 Å². The molecule has 0 bridgehead atoms. The molecule has 4 aromatic rings. The van der Waals surface area contributed by atoms with Gasteiger partial charge in [0.25, 0.3) is 5.91 Å². The molecule has 0 aliphatic heterocycles. The first-order valence-electron chi connectivity index (χ1n) is 10.7. The van der Waals surface area contributed by atoms with Gasteiger partial charge in [0.2, 0.25) is 0 Å². The number of nitrogens with one attached hydrogen (secondary N) is 1. The maximum absolute atomic E-state index is 12.6. The Bertz CT molecular complexity index is 1180. The topological polar surface area (TPSA) is 56.1 Å². The van der Waals surface area contributed by atoms with Gasteiger partial charge in [-0.1, -0.05) is 49.4 Å². The number of hydrogen-bond acceptors (Lipinski definition) is 3. The third-order valence-electron chi connectivity index (χ3n) is 5.45. The van der Waals surface area contributed by atoms with Gasteiger partial charge in [0.15, 0.2) is 0 Å². The summed E-state index contributed by atoms with van der Waals surface area (Å²) < 4.78 is 8.08. The van der Waals surface area contributed by atoms with Crippen molar-refractivity contribution in [3.63, 3.8) is 0 Å². The molecule has 0 unspecified atom stereocenters. The number of aryl methyl sites for hydroxylation is 2. The van der Waals surface area contributed by atoms with Gasteiger partial charge in [-0.2, -0.15) is 0 Å². The predicted molar refractivity (Wildman–Crippen MR) is 123 cm³/mol. The first-order chi connectivity index (χ1) is 15.2. The quantitative estimate of drug-likeness (QED) is 0.446. The van der Waals surface area contributed by atoms with Crippen LogP contribution in [-0.4, -0.2) is 22.1 Å². The molecular weight excluding hydrogens is 386 g/mol. The number of para-hydroxylation sites is 2. The summed E-state index contributed by atoms with van der Waals surface area (Å²) in [6, 6.07) is 23.8.